The van der Waals surface area contributed by atoms with E-state index < -0.39 is 17.9 Å². The van der Waals surface area contributed by atoms with Gasteiger partial charge >= 0.3 is 0 Å². The van der Waals surface area contributed by atoms with Gasteiger partial charge in [0.1, 0.15) is 5.75 Å². The summed E-state index contributed by atoms with van der Waals surface area (Å²) in [5.41, 5.74) is 6.70. The summed E-state index contributed by atoms with van der Waals surface area (Å²) in [6, 6.07) is 17.1. The fourth-order valence-corrected chi connectivity index (χ4v) is 2.87. The van der Waals surface area contributed by atoms with Crippen LogP contribution >= 0.6 is 0 Å². The lowest BCUT2D eigenvalue weighted by Crippen LogP contribution is -2.47. The van der Waals surface area contributed by atoms with Gasteiger partial charge in [-0.15, -0.1) is 0 Å². The van der Waals surface area contributed by atoms with E-state index in [1.165, 1.54) is 0 Å². The minimum atomic E-state index is -0.792. The fraction of sp³-hybridized carbons (Fsp3) is 0.375. The number of amides is 3. The number of ether oxygens (including phenoxy) is 1. The summed E-state index contributed by atoms with van der Waals surface area (Å²) in [6.45, 7) is 6.22. The van der Waals surface area contributed by atoms with Crippen LogP contribution in [-0.4, -0.2) is 23.8 Å². The van der Waals surface area contributed by atoms with Gasteiger partial charge in [-0.25, -0.2) is 0 Å². The van der Waals surface area contributed by atoms with Crippen LogP contribution in [0.5, 0.6) is 5.75 Å². The van der Waals surface area contributed by atoms with Gasteiger partial charge in [0.25, 0.3) is 5.91 Å². The Morgan fingerprint density at radius 1 is 0.871 bits per heavy atom. The summed E-state index contributed by atoms with van der Waals surface area (Å²) in [7, 11) is 0. The largest absolute Gasteiger partial charge is 0.481 e. The summed E-state index contributed by atoms with van der Waals surface area (Å²) in [5.74, 6) is -0.194. The molecule has 3 amide bonds. The van der Waals surface area contributed by atoms with Gasteiger partial charge in [-0.1, -0.05) is 62.4 Å². The molecule has 31 heavy (non-hydrogen) atoms. The maximum Gasteiger partial charge on any atom is 0.279 e. The highest BCUT2D eigenvalue weighted by atomic mass is 16.5. The van der Waals surface area contributed by atoms with Gasteiger partial charge in [-0.3, -0.25) is 25.2 Å². The lowest BCUT2D eigenvalue weighted by atomic mass is 9.98. The van der Waals surface area contributed by atoms with E-state index in [0.717, 1.165) is 17.5 Å². The van der Waals surface area contributed by atoms with Crippen molar-refractivity contribution in [2.24, 2.45) is 0 Å². The molecule has 2 aromatic carbocycles. The molecule has 0 aliphatic rings. The van der Waals surface area contributed by atoms with Crippen LogP contribution in [0.3, 0.4) is 0 Å². The number of hydrogen-bond donors (Lipinski definition) is 3. The summed E-state index contributed by atoms with van der Waals surface area (Å²) < 4.78 is 5.81. The van der Waals surface area contributed by atoms with Crippen LogP contribution in [0, 0.1) is 0 Å². The van der Waals surface area contributed by atoms with Crippen molar-refractivity contribution in [1.29, 1.82) is 0 Å². The van der Waals surface area contributed by atoms with E-state index in [4.69, 9.17) is 4.74 Å². The number of benzene rings is 2. The Kier molecular flexibility index (Phi) is 9.55. The van der Waals surface area contributed by atoms with E-state index in [-0.39, 0.29) is 18.7 Å². The molecule has 0 spiro atoms. The van der Waals surface area contributed by atoms with Crippen molar-refractivity contribution in [3.05, 3.63) is 65.7 Å². The Morgan fingerprint density at radius 3 is 2.23 bits per heavy atom. The Morgan fingerprint density at radius 2 is 1.52 bits per heavy atom. The van der Waals surface area contributed by atoms with Crippen LogP contribution < -0.4 is 20.9 Å². The summed E-state index contributed by atoms with van der Waals surface area (Å²) in [4.78, 5) is 36.1. The molecule has 0 bridgehead atoms. The second kappa shape index (κ2) is 12.4. The standard InChI is InChI=1S/C24H31N3O4/c1-4-17(2)20-12-8-9-13-21(20)31-18(3)24(30)27-26-23(29)15-14-22(28)25-16-19-10-6-5-7-11-19/h5-13,17-18H,4,14-16H2,1-3H3,(H,25,28)(H,26,29)(H,27,30). The molecular weight excluding hydrogens is 394 g/mol. The zero-order valence-electron chi connectivity index (χ0n) is 18.3. The fourth-order valence-electron chi connectivity index (χ4n) is 2.87. The lowest BCUT2D eigenvalue weighted by molar-refractivity contribution is -0.133. The number of hydrogen-bond acceptors (Lipinski definition) is 4. The van der Waals surface area contributed by atoms with Gasteiger partial charge in [0.05, 0.1) is 0 Å². The SMILES string of the molecule is CCC(C)c1ccccc1OC(C)C(=O)NNC(=O)CCC(=O)NCc1ccccc1. The highest BCUT2D eigenvalue weighted by molar-refractivity contribution is 5.87. The van der Waals surface area contributed by atoms with E-state index in [2.05, 4.69) is 30.0 Å². The van der Waals surface area contributed by atoms with Crippen LogP contribution in [-0.2, 0) is 20.9 Å². The van der Waals surface area contributed by atoms with Gasteiger partial charge in [-0.2, -0.15) is 0 Å². The monoisotopic (exact) mass is 425 g/mol. The molecule has 0 aliphatic heterocycles. The first-order valence-electron chi connectivity index (χ1n) is 10.6. The van der Waals surface area contributed by atoms with Crippen molar-refractivity contribution in [3.8, 4) is 5.75 Å². The Hall–Kier alpha value is -3.35. The first-order valence-corrected chi connectivity index (χ1v) is 10.6. The average molecular weight is 426 g/mol. The lowest BCUT2D eigenvalue weighted by Gasteiger charge is -2.19. The van der Waals surface area contributed by atoms with Crippen molar-refractivity contribution in [2.75, 3.05) is 0 Å². The molecule has 0 radical (unpaired) electrons. The summed E-state index contributed by atoms with van der Waals surface area (Å²) >= 11 is 0. The molecule has 3 N–H and O–H groups in total. The zero-order valence-corrected chi connectivity index (χ0v) is 18.3. The molecule has 0 fully saturated rings. The smallest absolute Gasteiger partial charge is 0.279 e. The third kappa shape index (κ3) is 8.12. The number of hydrazine groups is 1. The highest BCUT2D eigenvalue weighted by Crippen LogP contribution is 2.29. The van der Waals surface area contributed by atoms with Crippen LogP contribution in [0.25, 0.3) is 0 Å². The van der Waals surface area contributed by atoms with Gasteiger partial charge in [-0.05, 0) is 36.5 Å². The average Bonchev–Trinajstić information content (AvgIpc) is 2.80. The molecular formula is C24H31N3O4. The second-order valence-electron chi connectivity index (χ2n) is 7.41. The maximum atomic E-state index is 12.3. The predicted octanol–water partition coefficient (Wildman–Crippen LogP) is 3.21. The van der Waals surface area contributed by atoms with Gasteiger partial charge < -0.3 is 10.1 Å². The van der Waals surface area contributed by atoms with Crippen molar-refractivity contribution >= 4 is 17.7 Å². The molecule has 0 aliphatic carbocycles. The number of rotatable bonds is 10. The van der Waals surface area contributed by atoms with Crippen molar-refractivity contribution in [3.63, 3.8) is 0 Å². The molecule has 0 aromatic heterocycles. The Bertz CT molecular complexity index is 870. The van der Waals surface area contributed by atoms with Crippen molar-refractivity contribution in [2.45, 2.75) is 58.6 Å². The van der Waals surface area contributed by atoms with Gasteiger partial charge in [0, 0.05) is 19.4 Å². The number of carbonyl (C=O) groups excluding carboxylic acids is 3. The second-order valence-corrected chi connectivity index (χ2v) is 7.41. The molecule has 0 heterocycles. The van der Waals surface area contributed by atoms with Crippen molar-refractivity contribution < 1.29 is 19.1 Å². The number of carbonyl (C=O) groups is 3. The molecule has 2 rings (SSSR count). The van der Waals surface area contributed by atoms with E-state index >= 15 is 0 Å². The van der Waals surface area contributed by atoms with Crippen LogP contribution in [0.2, 0.25) is 0 Å². The molecule has 0 saturated heterocycles. The first-order chi connectivity index (χ1) is 14.9. The van der Waals surface area contributed by atoms with Crippen molar-refractivity contribution in [1.82, 2.24) is 16.2 Å². The summed E-state index contributed by atoms with van der Waals surface area (Å²) in [6.07, 6.45) is 0.158. The number of nitrogens with one attached hydrogen (secondary N) is 3. The molecule has 7 nitrogen and oxygen atoms in total. The zero-order chi connectivity index (χ0) is 22.6. The minimum Gasteiger partial charge on any atom is -0.481 e. The molecule has 0 saturated carbocycles. The Labute approximate surface area is 183 Å². The maximum absolute atomic E-state index is 12.3. The van der Waals surface area contributed by atoms with E-state index in [1.807, 2.05) is 54.6 Å². The Balaban J connectivity index is 1.71. The molecule has 2 aromatic rings. The van der Waals surface area contributed by atoms with Gasteiger partial charge in [0.15, 0.2) is 6.10 Å². The van der Waals surface area contributed by atoms with Crippen LogP contribution in [0.1, 0.15) is 57.1 Å². The molecule has 2 unspecified atom stereocenters. The van der Waals surface area contributed by atoms with Gasteiger partial charge in [0.2, 0.25) is 11.8 Å². The number of para-hydroxylation sites is 1. The molecule has 2 atom stereocenters. The quantitative estimate of drug-likeness (QED) is 0.509. The van der Waals surface area contributed by atoms with E-state index in [0.29, 0.717) is 18.2 Å². The summed E-state index contributed by atoms with van der Waals surface area (Å²) in [5, 5.41) is 2.76. The third-order valence-electron chi connectivity index (χ3n) is 4.97. The normalized spacial score (nSPS) is 12.4. The molecule has 7 heteroatoms. The van der Waals surface area contributed by atoms with E-state index in [9.17, 15) is 14.4 Å². The highest BCUT2D eigenvalue weighted by Gasteiger charge is 2.18. The third-order valence-corrected chi connectivity index (χ3v) is 4.97. The molecule has 166 valence electrons. The van der Waals surface area contributed by atoms with Crippen LogP contribution in [0.15, 0.2) is 54.6 Å². The van der Waals surface area contributed by atoms with E-state index in [1.54, 1.807) is 6.92 Å². The predicted molar refractivity (Wildman–Crippen MR) is 119 cm³/mol. The minimum absolute atomic E-state index is 0.0306. The first kappa shape index (κ1) is 23.9. The van der Waals surface area contributed by atoms with Crippen LogP contribution in [0.4, 0.5) is 0 Å². The topological polar surface area (TPSA) is 96.5 Å².